The van der Waals surface area contributed by atoms with Crippen LogP contribution in [0, 0.1) is 0 Å². The van der Waals surface area contributed by atoms with E-state index in [9.17, 15) is 0 Å². The lowest BCUT2D eigenvalue weighted by Gasteiger charge is -2.07. The molecule has 0 fully saturated rings. The molecular formula is C12H14N2O4. The highest BCUT2D eigenvalue weighted by Gasteiger charge is 2.08. The van der Waals surface area contributed by atoms with Crippen molar-refractivity contribution < 1.29 is 18.6 Å². The number of benzene rings is 1. The van der Waals surface area contributed by atoms with Crippen molar-refractivity contribution in [2.75, 3.05) is 14.2 Å². The zero-order valence-corrected chi connectivity index (χ0v) is 10.2. The molecule has 1 heterocycles. The van der Waals surface area contributed by atoms with Crippen molar-refractivity contribution in [3.05, 3.63) is 30.2 Å². The fourth-order valence-electron chi connectivity index (χ4n) is 1.37. The van der Waals surface area contributed by atoms with E-state index in [1.807, 2.05) is 0 Å². The fourth-order valence-corrected chi connectivity index (χ4v) is 1.37. The quantitative estimate of drug-likeness (QED) is 0.873. The SMILES string of the molecule is COc1cc(OC)cc(Oc2nc(CN)co2)c1. The second kappa shape index (κ2) is 5.42. The van der Waals surface area contributed by atoms with E-state index in [4.69, 9.17) is 24.4 Å². The van der Waals surface area contributed by atoms with Crippen molar-refractivity contribution in [1.82, 2.24) is 4.98 Å². The highest BCUT2D eigenvalue weighted by Crippen LogP contribution is 2.30. The van der Waals surface area contributed by atoms with Crippen LogP contribution in [0.4, 0.5) is 0 Å². The standard InChI is InChI=1S/C12H14N2O4/c1-15-9-3-10(16-2)5-11(4-9)18-12-14-8(6-13)7-17-12/h3-5,7H,6,13H2,1-2H3. The largest absolute Gasteiger partial charge is 0.496 e. The molecule has 2 rings (SSSR count). The molecule has 18 heavy (non-hydrogen) atoms. The van der Waals surface area contributed by atoms with E-state index in [0.29, 0.717) is 29.5 Å². The highest BCUT2D eigenvalue weighted by molar-refractivity contribution is 5.42. The predicted octanol–water partition coefficient (Wildman–Crippen LogP) is 1.94. The van der Waals surface area contributed by atoms with E-state index in [1.54, 1.807) is 32.4 Å². The minimum Gasteiger partial charge on any atom is -0.496 e. The first-order valence-electron chi connectivity index (χ1n) is 5.30. The third-order valence-electron chi connectivity index (χ3n) is 2.27. The summed E-state index contributed by atoms with van der Waals surface area (Å²) in [6, 6.07) is 5.15. The average molecular weight is 250 g/mol. The third-order valence-corrected chi connectivity index (χ3v) is 2.27. The van der Waals surface area contributed by atoms with Gasteiger partial charge in [-0.2, -0.15) is 4.98 Å². The van der Waals surface area contributed by atoms with Gasteiger partial charge in [-0.25, -0.2) is 0 Å². The van der Waals surface area contributed by atoms with Gasteiger partial charge in [0.05, 0.1) is 19.9 Å². The number of nitrogens with two attached hydrogens (primary N) is 1. The van der Waals surface area contributed by atoms with Crippen LogP contribution in [0.2, 0.25) is 0 Å². The molecule has 2 aromatic rings. The number of aromatic nitrogens is 1. The minimum atomic E-state index is 0.130. The fraction of sp³-hybridized carbons (Fsp3) is 0.250. The number of oxazole rings is 1. The molecule has 6 heteroatoms. The van der Waals surface area contributed by atoms with E-state index < -0.39 is 0 Å². The summed E-state index contributed by atoms with van der Waals surface area (Å²) in [4.78, 5) is 4.04. The molecule has 0 saturated carbocycles. The van der Waals surface area contributed by atoms with Gasteiger partial charge in [0.15, 0.2) is 0 Å². The maximum atomic E-state index is 5.45. The Bertz CT molecular complexity index is 502. The Morgan fingerprint density at radius 1 is 1.11 bits per heavy atom. The minimum absolute atomic E-state index is 0.130. The molecule has 2 N–H and O–H groups in total. The first-order chi connectivity index (χ1) is 8.75. The molecule has 1 aromatic carbocycles. The zero-order valence-electron chi connectivity index (χ0n) is 10.2. The van der Waals surface area contributed by atoms with Gasteiger partial charge < -0.3 is 24.4 Å². The maximum absolute atomic E-state index is 5.45. The van der Waals surface area contributed by atoms with Crippen LogP contribution in [0.3, 0.4) is 0 Å². The monoisotopic (exact) mass is 250 g/mol. The van der Waals surface area contributed by atoms with E-state index in [1.165, 1.54) is 6.26 Å². The summed E-state index contributed by atoms with van der Waals surface area (Å²) in [5, 5.41) is 0. The van der Waals surface area contributed by atoms with Crippen LogP contribution < -0.4 is 19.9 Å². The van der Waals surface area contributed by atoms with Crippen LogP contribution in [0.25, 0.3) is 0 Å². The number of hydrogen-bond donors (Lipinski definition) is 1. The summed E-state index contributed by atoms with van der Waals surface area (Å²) < 4.78 is 20.8. The second-order valence-corrected chi connectivity index (χ2v) is 3.46. The Labute approximate surface area is 104 Å². The lowest BCUT2D eigenvalue weighted by molar-refractivity contribution is 0.325. The van der Waals surface area contributed by atoms with Crippen LogP contribution in [-0.2, 0) is 6.54 Å². The van der Waals surface area contributed by atoms with Crippen LogP contribution in [-0.4, -0.2) is 19.2 Å². The number of nitrogens with zero attached hydrogens (tertiary/aromatic N) is 1. The van der Waals surface area contributed by atoms with Gasteiger partial charge in [-0.15, -0.1) is 0 Å². The molecular weight excluding hydrogens is 236 g/mol. The van der Waals surface area contributed by atoms with Gasteiger partial charge in [0, 0.05) is 24.7 Å². The maximum Gasteiger partial charge on any atom is 0.399 e. The summed E-state index contributed by atoms with van der Waals surface area (Å²) in [6.07, 6.45) is 1.58. The Morgan fingerprint density at radius 3 is 2.22 bits per heavy atom. The molecule has 1 aromatic heterocycles. The number of rotatable bonds is 5. The van der Waals surface area contributed by atoms with Crippen molar-refractivity contribution in [3.63, 3.8) is 0 Å². The Kier molecular flexibility index (Phi) is 3.69. The van der Waals surface area contributed by atoms with Crippen molar-refractivity contribution in [2.24, 2.45) is 5.73 Å². The van der Waals surface area contributed by atoms with Crippen molar-refractivity contribution in [2.45, 2.75) is 6.54 Å². The Hall–Kier alpha value is -2.21. The molecule has 0 amide bonds. The molecule has 6 nitrogen and oxygen atoms in total. The highest BCUT2D eigenvalue weighted by atomic mass is 16.6. The molecule has 0 radical (unpaired) electrons. The van der Waals surface area contributed by atoms with Crippen LogP contribution >= 0.6 is 0 Å². The van der Waals surface area contributed by atoms with Crippen molar-refractivity contribution in [3.8, 4) is 23.3 Å². The Balaban J connectivity index is 2.22. The van der Waals surface area contributed by atoms with Gasteiger partial charge >= 0.3 is 6.08 Å². The normalized spacial score (nSPS) is 10.2. The van der Waals surface area contributed by atoms with E-state index in [0.717, 1.165) is 0 Å². The smallest absolute Gasteiger partial charge is 0.399 e. The Morgan fingerprint density at radius 2 is 1.72 bits per heavy atom. The van der Waals surface area contributed by atoms with Crippen LogP contribution in [0.5, 0.6) is 23.3 Å². The first kappa shape index (κ1) is 12.3. The van der Waals surface area contributed by atoms with Crippen LogP contribution in [0.15, 0.2) is 28.9 Å². The summed E-state index contributed by atoms with van der Waals surface area (Å²) in [5.74, 6) is 1.75. The predicted molar refractivity (Wildman–Crippen MR) is 64.0 cm³/mol. The number of hydrogen-bond acceptors (Lipinski definition) is 6. The molecule has 0 bridgehead atoms. The topological polar surface area (TPSA) is 79.7 Å². The van der Waals surface area contributed by atoms with Crippen molar-refractivity contribution >= 4 is 0 Å². The van der Waals surface area contributed by atoms with E-state index in [-0.39, 0.29) is 6.08 Å². The van der Waals surface area contributed by atoms with E-state index >= 15 is 0 Å². The average Bonchev–Trinajstić information content (AvgIpc) is 2.85. The van der Waals surface area contributed by atoms with Gasteiger partial charge in [0.2, 0.25) is 0 Å². The van der Waals surface area contributed by atoms with E-state index in [2.05, 4.69) is 4.98 Å². The molecule has 0 spiro atoms. The van der Waals surface area contributed by atoms with Gasteiger partial charge in [-0.3, -0.25) is 0 Å². The van der Waals surface area contributed by atoms with Gasteiger partial charge in [0.1, 0.15) is 23.5 Å². The molecule has 96 valence electrons. The second-order valence-electron chi connectivity index (χ2n) is 3.46. The lowest BCUT2D eigenvalue weighted by atomic mass is 10.3. The zero-order chi connectivity index (χ0) is 13.0. The van der Waals surface area contributed by atoms with Gasteiger partial charge in [-0.05, 0) is 0 Å². The first-order valence-corrected chi connectivity index (χ1v) is 5.30. The summed E-state index contributed by atoms with van der Waals surface area (Å²) in [6.45, 7) is 0.300. The molecule has 0 unspecified atom stereocenters. The number of methoxy groups -OCH3 is 2. The molecule has 0 atom stereocenters. The molecule has 0 aliphatic heterocycles. The molecule has 0 aliphatic carbocycles. The van der Waals surface area contributed by atoms with Gasteiger partial charge in [-0.1, -0.05) is 0 Å². The lowest BCUT2D eigenvalue weighted by Crippen LogP contribution is -1.96. The summed E-state index contributed by atoms with van der Waals surface area (Å²) >= 11 is 0. The third kappa shape index (κ3) is 2.72. The van der Waals surface area contributed by atoms with Gasteiger partial charge in [0.25, 0.3) is 0 Å². The van der Waals surface area contributed by atoms with Crippen LogP contribution in [0.1, 0.15) is 5.69 Å². The molecule has 0 aliphatic rings. The van der Waals surface area contributed by atoms with Crippen molar-refractivity contribution in [1.29, 1.82) is 0 Å². The summed E-state index contributed by atoms with van der Waals surface area (Å²) in [7, 11) is 3.13. The summed E-state index contributed by atoms with van der Waals surface area (Å²) in [5.41, 5.74) is 6.05. The number of ether oxygens (including phenoxy) is 3. The molecule has 0 saturated heterocycles.